The van der Waals surface area contributed by atoms with Crippen molar-refractivity contribution in [3.8, 4) is 5.75 Å². The lowest BCUT2D eigenvalue weighted by Gasteiger charge is -2.30. The first-order valence-corrected chi connectivity index (χ1v) is 16.6. The second-order valence-electron chi connectivity index (χ2n) is 12.2. The molecule has 14 heteroatoms. The lowest BCUT2D eigenvalue weighted by Crippen LogP contribution is -2.40. The summed E-state index contributed by atoms with van der Waals surface area (Å²) in [5.74, 6) is -2.18. The van der Waals surface area contributed by atoms with Crippen molar-refractivity contribution >= 4 is 33.1 Å². The smallest absolute Gasteiger partial charge is 0.258 e. The number of halogens is 2. The van der Waals surface area contributed by atoms with Crippen LogP contribution in [-0.2, 0) is 28.7 Å². The van der Waals surface area contributed by atoms with Gasteiger partial charge in [-0.25, -0.2) is 17.2 Å². The predicted molar refractivity (Wildman–Crippen MR) is 177 cm³/mol. The molecule has 0 radical (unpaired) electrons. The van der Waals surface area contributed by atoms with Gasteiger partial charge < -0.3 is 25.5 Å². The fourth-order valence-electron chi connectivity index (χ4n) is 5.63. The Morgan fingerprint density at radius 3 is 2.36 bits per heavy atom. The third-order valence-corrected chi connectivity index (χ3v) is 10.3. The number of phenolic OH excluding ortho intramolecular Hbond substituents is 1. The number of likely N-dealkylation sites (N-methyl/N-ethyl adjacent to an activating group) is 2. The molecule has 5 rings (SSSR count). The molecule has 1 aliphatic heterocycles. The largest absolute Gasteiger partial charge is 0.508 e. The molecule has 3 aromatic carbocycles. The summed E-state index contributed by atoms with van der Waals surface area (Å²) in [5.41, 5.74) is 2.46. The highest BCUT2D eigenvalue weighted by Crippen LogP contribution is 2.44. The van der Waals surface area contributed by atoms with Crippen LogP contribution in [-0.4, -0.2) is 72.6 Å². The Labute approximate surface area is 273 Å². The third kappa shape index (κ3) is 7.09. The minimum atomic E-state index is -4.34. The number of H-pyrrole nitrogens is 1. The second-order valence-corrected chi connectivity index (χ2v) is 14.1. The molecule has 2 heterocycles. The van der Waals surface area contributed by atoms with Gasteiger partial charge in [0.15, 0.2) is 5.82 Å². The number of aromatic hydroxyl groups is 1. The number of carbonyl (C=O) groups is 1. The molecule has 0 spiro atoms. The number of amides is 1. The molecule has 0 aliphatic carbocycles. The first kappa shape index (κ1) is 33.8. The fraction of sp³-hybridized carbons (Fsp3) is 0.333. The van der Waals surface area contributed by atoms with Gasteiger partial charge in [-0.2, -0.15) is 9.40 Å². The summed E-state index contributed by atoms with van der Waals surface area (Å²) in [7, 11) is -0.318. The van der Waals surface area contributed by atoms with Crippen molar-refractivity contribution in [2.45, 2.75) is 44.3 Å². The van der Waals surface area contributed by atoms with Crippen LogP contribution >= 0.6 is 0 Å². The lowest BCUT2D eigenvalue weighted by atomic mass is 10.0. The van der Waals surface area contributed by atoms with Crippen molar-refractivity contribution in [1.82, 2.24) is 19.4 Å². The third-order valence-electron chi connectivity index (χ3n) is 8.29. The van der Waals surface area contributed by atoms with Crippen molar-refractivity contribution in [2.75, 3.05) is 49.3 Å². The molecule has 4 N–H and O–H groups in total. The van der Waals surface area contributed by atoms with Gasteiger partial charge in [-0.05, 0) is 82.9 Å². The summed E-state index contributed by atoms with van der Waals surface area (Å²) in [4.78, 5) is 17.6. The molecule has 0 fully saturated rings. The van der Waals surface area contributed by atoms with Gasteiger partial charge in [0.1, 0.15) is 17.4 Å². The number of benzene rings is 3. The SMILES string of the molecule is CCN(CCN(C)C)c1ccc(C(=O)Nc2n[nH]c3c2CN(S(=O)(=O)c2cc(F)cc(F)c2)C3(C)C)c(NCc2ccc(O)cc2)c1. The number of sulfonamides is 1. The number of phenols is 1. The van der Waals surface area contributed by atoms with Gasteiger partial charge in [-0.3, -0.25) is 9.89 Å². The molecule has 11 nitrogen and oxygen atoms in total. The summed E-state index contributed by atoms with van der Waals surface area (Å²) in [6, 6.07) is 14.4. The number of hydrogen-bond donors (Lipinski definition) is 4. The molecule has 1 amide bonds. The van der Waals surface area contributed by atoms with E-state index in [-0.39, 0.29) is 18.1 Å². The first-order valence-electron chi connectivity index (χ1n) is 15.1. The van der Waals surface area contributed by atoms with Gasteiger partial charge in [0, 0.05) is 55.7 Å². The zero-order chi connectivity index (χ0) is 34.1. The van der Waals surface area contributed by atoms with Gasteiger partial charge in [-0.15, -0.1) is 0 Å². The van der Waals surface area contributed by atoms with E-state index in [9.17, 15) is 27.1 Å². The summed E-state index contributed by atoms with van der Waals surface area (Å²) in [6.07, 6.45) is 0. The van der Waals surface area contributed by atoms with Gasteiger partial charge in [0.25, 0.3) is 5.91 Å². The van der Waals surface area contributed by atoms with Crippen LogP contribution in [0.1, 0.15) is 48.0 Å². The number of hydrogen-bond acceptors (Lipinski definition) is 8. The van der Waals surface area contributed by atoms with Crippen LogP contribution in [0.15, 0.2) is 65.6 Å². The van der Waals surface area contributed by atoms with Crippen LogP contribution in [0.3, 0.4) is 0 Å². The highest BCUT2D eigenvalue weighted by molar-refractivity contribution is 7.89. The van der Waals surface area contributed by atoms with E-state index >= 15 is 0 Å². The number of aromatic nitrogens is 2. The average Bonchev–Trinajstić information content (AvgIpc) is 3.54. The quantitative estimate of drug-likeness (QED) is 0.164. The number of aromatic amines is 1. The summed E-state index contributed by atoms with van der Waals surface area (Å²) < 4.78 is 56.2. The fourth-order valence-corrected chi connectivity index (χ4v) is 7.40. The molecule has 47 heavy (non-hydrogen) atoms. The van der Waals surface area contributed by atoms with E-state index in [1.165, 1.54) is 0 Å². The van der Waals surface area contributed by atoms with E-state index in [4.69, 9.17) is 0 Å². The molecule has 0 saturated carbocycles. The minimum Gasteiger partial charge on any atom is -0.508 e. The number of fused-ring (bicyclic) bond motifs is 1. The van der Waals surface area contributed by atoms with Crippen LogP contribution in [0, 0.1) is 11.6 Å². The number of carbonyl (C=O) groups excluding carboxylic acids is 1. The standard InChI is InChI=1S/C33H39F2N7O4S/c1-6-41(14-13-40(4)5)24-9-12-27(29(18-24)36-19-21-7-10-25(43)11-8-21)32(44)37-31-28-20-42(33(2,3)30(28)38-39-31)47(45,46)26-16-22(34)15-23(35)17-26/h7-12,15-18,36,43H,6,13-14,19-20H2,1-5H3,(H2,37,38,39,44). The van der Waals surface area contributed by atoms with Crippen LogP contribution < -0.4 is 15.5 Å². The predicted octanol–water partition coefficient (Wildman–Crippen LogP) is 5.09. The highest BCUT2D eigenvalue weighted by Gasteiger charge is 2.48. The number of rotatable bonds is 12. The summed E-state index contributed by atoms with van der Waals surface area (Å²) in [5, 5.41) is 23.0. The Bertz CT molecular complexity index is 1860. The van der Waals surface area contributed by atoms with E-state index < -0.39 is 38.0 Å². The normalized spacial score (nSPS) is 14.3. The maximum absolute atomic E-state index is 14.0. The van der Waals surface area contributed by atoms with E-state index in [0.717, 1.165) is 47.3 Å². The van der Waals surface area contributed by atoms with Crippen molar-refractivity contribution in [3.05, 3.63) is 94.7 Å². The Morgan fingerprint density at radius 1 is 1.04 bits per heavy atom. The number of nitrogens with zero attached hydrogens (tertiary/aromatic N) is 4. The molecular formula is C33H39F2N7O4S. The van der Waals surface area contributed by atoms with Crippen LogP contribution in [0.25, 0.3) is 0 Å². The summed E-state index contributed by atoms with van der Waals surface area (Å²) >= 11 is 0. The highest BCUT2D eigenvalue weighted by atomic mass is 32.2. The molecule has 1 aliphatic rings. The zero-order valence-electron chi connectivity index (χ0n) is 26.9. The van der Waals surface area contributed by atoms with E-state index in [1.54, 1.807) is 44.2 Å². The molecule has 4 aromatic rings. The van der Waals surface area contributed by atoms with Crippen LogP contribution in [0.5, 0.6) is 5.75 Å². The van der Waals surface area contributed by atoms with Gasteiger partial charge in [-0.1, -0.05) is 12.1 Å². The molecule has 0 saturated heterocycles. The van der Waals surface area contributed by atoms with Crippen molar-refractivity contribution in [2.24, 2.45) is 0 Å². The summed E-state index contributed by atoms with van der Waals surface area (Å²) in [6.45, 7) is 7.94. The van der Waals surface area contributed by atoms with Crippen molar-refractivity contribution in [3.63, 3.8) is 0 Å². The second kappa shape index (κ2) is 13.3. The first-order chi connectivity index (χ1) is 22.2. The lowest BCUT2D eigenvalue weighted by molar-refractivity contribution is 0.102. The number of anilines is 3. The van der Waals surface area contributed by atoms with Crippen LogP contribution in [0.2, 0.25) is 0 Å². The topological polar surface area (TPSA) is 134 Å². The molecule has 1 aromatic heterocycles. The zero-order valence-corrected chi connectivity index (χ0v) is 27.8. The van der Waals surface area contributed by atoms with E-state index in [0.29, 0.717) is 35.1 Å². The maximum atomic E-state index is 14.0. The van der Waals surface area contributed by atoms with Gasteiger partial charge >= 0.3 is 0 Å². The monoisotopic (exact) mass is 667 g/mol. The number of nitrogens with one attached hydrogen (secondary N) is 3. The van der Waals surface area contributed by atoms with Crippen LogP contribution in [0.4, 0.5) is 26.0 Å². The molecule has 250 valence electrons. The van der Waals surface area contributed by atoms with Crippen molar-refractivity contribution < 1.29 is 27.1 Å². The van der Waals surface area contributed by atoms with Crippen molar-refractivity contribution in [1.29, 1.82) is 0 Å². The molecular weight excluding hydrogens is 628 g/mol. The molecule has 0 unspecified atom stereocenters. The van der Waals surface area contributed by atoms with E-state index in [1.807, 2.05) is 26.2 Å². The maximum Gasteiger partial charge on any atom is 0.258 e. The molecule has 0 bridgehead atoms. The average molecular weight is 668 g/mol. The Hall–Kier alpha value is -4.53. The Balaban J connectivity index is 1.43. The Morgan fingerprint density at radius 2 is 1.72 bits per heavy atom. The minimum absolute atomic E-state index is 0.149. The Kier molecular flexibility index (Phi) is 9.57. The molecule has 0 atom stereocenters. The van der Waals surface area contributed by atoms with E-state index in [2.05, 4.69) is 37.6 Å². The van der Waals surface area contributed by atoms with Gasteiger partial charge in [0.05, 0.1) is 21.7 Å². The van der Waals surface area contributed by atoms with Gasteiger partial charge in [0.2, 0.25) is 10.0 Å².